The molecule has 17 heavy (non-hydrogen) atoms. The van der Waals surface area contributed by atoms with Gasteiger partial charge in [-0.15, -0.1) is 0 Å². The number of benzene rings is 1. The fraction of sp³-hybridized carbons (Fsp3) is 0.533. The van der Waals surface area contributed by atoms with Crippen LogP contribution < -0.4 is 4.74 Å². The van der Waals surface area contributed by atoms with Crippen LogP contribution in [0.25, 0.3) is 0 Å². The Kier molecular flexibility index (Phi) is 1.91. The molecule has 2 fully saturated rings. The van der Waals surface area contributed by atoms with Crippen LogP contribution in [0.3, 0.4) is 0 Å². The second-order valence-electron chi connectivity index (χ2n) is 5.57. The van der Waals surface area contributed by atoms with E-state index in [-0.39, 0.29) is 0 Å². The molecule has 2 unspecified atom stereocenters. The largest absolute Gasteiger partial charge is 0.493 e. The van der Waals surface area contributed by atoms with Gasteiger partial charge >= 0.3 is 0 Å². The summed E-state index contributed by atoms with van der Waals surface area (Å²) in [6.07, 6.45) is 4.83. The van der Waals surface area contributed by atoms with Gasteiger partial charge in [0.1, 0.15) is 5.75 Å². The Morgan fingerprint density at radius 1 is 1.24 bits per heavy atom. The molecule has 0 spiro atoms. The second kappa shape index (κ2) is 3.34. The Morgan fingerprint density at radius 2 is 2.06 bits per heavy atom. The van der Waals surface area contributed by atoms with E-state index in [0.717, 1.165) is 24.3 Å². The van der Waals surface area contributed by atoms with E-state index in [9.17, 15) is 4.79 Å². The normalized spacial score (nSPS) is 32.8. The summed E-state index contributed by atoms with van der Waals surface area (Å²) in [5.74, 6) is 3.13. The molecule has 2 heteroatoms. The van der Waals surface area contributed by atoms with Crippen LogP contribution in [0.2, 0.25) is 0 Å². The van der Waals surface area contributed by atoms with Crippen molar-refractivity contribution in [2.24, 2.45) is 17.8 Å². The van der Waals surface area contributed by atoms with Crippen LogP contribution in [0.1, 0.15) is 35.2 Å². The number of fused-ring (bicyclic) bond motifs is 2. The van der Waals surface area contributed by atoms with Crippen LogP contribution >= 0.6 is 0 Å². The maximum absolute atomic E-state index is 12.4. The molecule has 2 nitrogen and oxygen atoms in total. The molecular formula is C15H16O2. The molecular weight excluding hydrogens is 212 g/mol. The Hall–Kier alpha value is -1.31. The Labute approximate surface area is 101 Å². The van der Waals surface area contributed by atoms with Gasteiger partial charge in [-0.3, -0.25) is 4.79 Å². The average Bonchev–Trinajstić information content (AvgIpc) is 2.75. The lowest BCUT2D eigenvalue weighted by Crippen LogP contribution is -2.06. The number of ether oxygens (including phenoxy) is 1. The minimum Gasteiger partial charge on any atom is -0.493 e. The zero-order valence-electron chi connectivity index (χ0n) is 9.82. The van der Waals surface area contributed by atoms with Gasteiger partial charge < -0.3 is 4.74 Å². The highest BCUT2D eigenvalue weighted by atomic mass is 16.5. The summed E-state index contributed by atoms with van der Waals surface area (Å²) in [6.45, 7) is 0.766. The molecule has 2 atom stereocenters. The van der Waals surface area contributed by atoms with Gasteiger partial charge in [-0.1, -0.05) is 6.42 Å². The lowest BCUT2D eigenvalue weighted by atomic mass is 9.99. The average molecular weight is 228 g/mol. The van der Waals surface area contributed by atoms with E-state index >= 15 is 0 Å². The molecule has 0 amide bonds. The Balaban J connectivity index is 1.60. The maximum atomic E-state index is 12.4. The second-order valence-corrected chi connectivity index (χ2v) is 5.57. The number of hydrogen-bond donors (Lipinski definition) is 0. The first-order valence-corrected chi connectivity index (χ1v) is 6.64. The minimum absolute atomic E-state index is 0.351. The molecule has 1 aromatic carbocycles. The van der Waals surface area contributed by atoms with Crippen molar-refractivity contribution in [2.45, 2.75) is 25.7 Å². The van der Waals surface area contributed by atoms with Crippen LogP contribution in [-0.2, 0) is 6.42 Å². The van der Waals surface area contributed by atoms with E-state index in [1.54, 1.807) is 0 Å². The number of carbonyl (C=O) groups is 1. The van der Waals surface area contributed by atoms with E-state index in [0.29, 0.717) is 23.5 Å². The number of carbonyl (C=O) groups excluding carboxylic acids is 1. The Bertz CT molecular complexity index is 482. The molecule has 88 valence electrons. The SMILES string of the molecule is O=C(c1ccc2c(c1)CCO2)C1C2CCCC21. The number of hydrogen-bond acceptors (Lipinski definition) is 2. The third-order valence-corrected chi connectivity index (χ3v) is 4.68. The predicted molar refractivity (Wildman–Crippen MR) is 64.3 cm³/mol. The third kappa shape index (κ3) is 1.36. The van der Waals surface area contributed by atoms with Crippen molar-refractivity contribution in [3.63, 3.8) is 0 Å². The number of Topliss-reactive ketones (excluding diaryl/α,β-unsaturated/α-hetero) is 1. The highest BCUT2D eigenvalue weighted by Gasteiger charge is 2.56. The molecule has 1 aromatic rings. The van der Waals surface area contributed by atoms with Gasteiger partial charge in [0.2, 0.25) is 0 Å². The quantitative estimate of drug-likeness (QED) is 0.727. The minimum atomic E-state index is 0.351. The summed E-state index contributed by atoms with van der Waals surface area (Å²) in [6, 6.07) is 5.97. The van der Waals surface area contributed by atoms with Crippen LogP contribution in [0.5, 0.6) is 5.75 Å². The predicted octanol–water partition coefficient (Wildman–Crippen LogP) is 2.85. The van der Waals surface area contributed by atoms with E-state index in [2.05, 4.69) is 6.07 Å². The smallest absolute Gasteiger partial charge is 0.166 e. The zero-order chi connectivity index (χ0) is 11.4. The van der Waals surface area contributed by atoms with Crippen molar-refractivity contribution in [1.82, 2.24) is 0 Å². The summed E-state index contributed by atoms with van der Waals surface area (Å²) in [7, 11) is 0. The molecule has 0 radical (unpaired) electrons. The first-order chi connectivity index (χ1) is 8.34. The monoisotopic (exact) mass is 228 g/mol. The summed E-state index contributed by atoms with van der Waals surface area (Å²) < 4.78 is 5.47. The van der Waals surface area contributed by atoms with Crippen molar-refractivity contribution in [3.05, 3.63) is 29.3 Å². The van der Waals surface area contributed by atoms with E-state index in [1.165, 1.54) is 24.8 Å². The van der Waals surface area contributed by atoms with Crippen molar-refractivity contribution in [2.75, 3.05) is 6.61 Å². The zero-order valence-corrected chi connectivity index (χ0v) is 9.82. The standard InChI is InChI=1S/C15H16O2/c16-15(14-11-2-1-3-12(11)14)10-4-5-13-9(8-10)6-7-17-13/h4-5,8,11-12,14H,1-3,6-7H2. The van der Waals surface area contributed by atoms with Crippen molar-refractivity contribution >= 4 is 5.78 Å². The molecule has 0 saturated heterocycles. The molecule has 2 aliphatic carbocycles. The maximum Gasteiger partial charge on any atom is 0.166 e. The van der Waals surface area contributed by atoms with Gasteiger partial charge in [-0.2, -0.15) is 0 Å². The fourth-order valence-electron chi connectivity index (χ4n) is 3.74. The highest BCUT2D eigenvalue weighted by Crippen LogP contribution is 2.58. The molecule has 2 saturated carbocycles. The van der Waals surface area contributed by atoms with Crippen molar-refractivity contribution < 1.29 is 9.53 Å². The summed E-state index contributed by atoms with van der Waals surface area (Å²) in [4.78, 5) is 12.4. The van der Waals surface area contributed by atoms with Gasteiger partial charge in [-0.05, 0) is 48.4 Å². The first-order valence-electron chi connectivity index (χ1n) is 6.64. The van der Waals surface area contributed by atoms with Gasteiger partial charge in [0.15, 0.2) is 5.78 Å². The van der Waals surface area contributed by atoms with Gasteiger partial charge in [0.25, 0.3) is 0 Å². The van der Waals surface area contributed by atoms with Gasteiger partial charge in [-0.25, -0.2) is 0 Å². The summed E-state index contributed by atoms with van der Waals surface area (Å²) in [5, 5.41) is 0. The molecule has 0 bridgehead atoms. The van der Waals surface area contributed by atoms with Crippen LogP contribution in [0.4, 0.5) is 0 Å². The van der Waals surface area contributed by atoms with Crippen LogP contribution in [0.15, 0.2) is 18.2 Å². The molecule has 3 aliphatic rings. The Morgan fingerprint density at radius 3 is 2.88 bits per heavy atom. The molecule has 0 N–H and O–H groups in total. The van der Waals surface area contributed by atoms with E-state index in [4.69, 9.17) is 4.74 Å². The summed E-state index contributed by atoms with van der Waals surface area (Å²) >= 11 is 0. The lowest BCUT2D eigenvalue weighted by molar-refractivity contribution is 0.0951. The van der Waals surface area contributed by atoms with Crippen LogP contribution in [0, 0.1) is 17.8 Å². The molecule has 1 heterocycles. The summed E-state index contributed by atoms with van der Waals surface area (Å²) in [5.41, 5.74) is 2.12. The molecule has 0 aromatic heterocycles. The van der Waals surface area contributed by atoms with E-state index in [1.807, 2.05) is 12.1 Å². The van der Waals surface area contributed by atoms with Crippen molar-refractivity contribution in [3.8, 4) is 5.75 Å². The number of rotatable bonds is 2. The van der Waals surface area contributed by atoms with E-state index < -0.39 is 0 Å². The van der Waals surface area contributed by atoms with Crippen LogP contribution in [-0.4, -0.2) is 12.4 Å². The third-order valence-electron chi connectivity index (χ3n) is 4.68. The first kappa shape index (κ1) is 9.69. The lowest BCUT2D eigenvalue weighted by Gasteiger charge is -2.05. The fourth-order valence-corrected chi connectivity index (χ4v) is 3.74. The van der Waals surface area contributed by atoms with Gasteiger partial charge in [0, 0.05) is 17.9 Å². The number of ketones is 1. The highest BCUT2D eigenvalue weighted by molar-refractivity contribution is 6.00. The topological polar surface area (TPSA) is 26.3 Å². The molecule has 1 aliphatic heterocycles. The van der Waals surface area contributed by atoms with Gasteiger partial charge in [0.05, 0.1) is 6.61 Å². The van der Waals surface area contributed by atoms with Crippen molar-refractivity contribution in [1.29, 1.82) is 0 Å². The molecule has 4 rings (SSSR count).